The number of thiazole rings is 1. The zero-order valence-electron chi connectivity index (χ0n) is 13.9. The van der Waals surface area contributed by atoms with E-state index in [4.69, 9.17) is 16.0 Å². The molecular weight excluding hydrogens is 374 g/mol. The number of rotatable bonds is 6. The number of furan rings is 1. The van der Waals surface area contributed by atoms with Crippen LogP contribution in [0.3, 0.4) is 0 Å². The molecule has 8 heteroatoms. The van der Waals surface area contributed by atoms with Crippen molar-refractivity contribution in [1.29, 1.82) is 0 Å². The van der Waals surface area contributed by atoms with Crippen molar-refractivity contribution in [1.82, 2.24) is 10.3 Å². The van der Waals surface area contributed by atoms with Gasteiger partial charge in [-0.25, -0.2) is 4.98 Å². The molecule has 134 valence electrons. The van der Waals surface area contributed by atoms with Crippen LogP contribution < -0.4 is 10.6 Å². The number of halogens is 1. The minimum atomic E-state index is -0.382. The quantitative estimate of drug-likeness (QED) is 0.665. The lowest BCUT2D eigenvalue weighted by Crippen LogP contribution is -2.28. The van der Waals surface area contributed by atoms with E-state index in [-0.39, 0.29) is 30.0 Å². The molecule has 1 atom stereocenters. The smallest absolute Gasteiger partial charge is 0.293 e. The molecule has 3 aromatic rings. The van der Waals surface area contributed by atoms with Crippen molar-refractivity contribution in [3.8, 4) is 0 Å². The second kappa shape index (κ2) is 8.16. The molecule has 6 nitrogen and oxygen atoms in total. The number of anilines is 1. The Bertz CT molecular complexity index is 908. The predicted molar refractivity (Wildman–Crippen MR) is 100 cm³/mol. The van der Waals surface area contributed by atoms with Crippen molar-refractivity contribution in [3.63, 3.8) is 0 Å². The van der Waals surface area contributed by atoms with Crippen LogP contribution in [0, 0.1) is 0 Å². The highest BCUT2D eigenvalue weighted by Gasteiger charge is 2.15. The van der Waals surface area contributed by atoms with Gasteiger partial charge in [0.25, 0.3) is 5.91 Å². The molecule has 1 aromatic carbocycles. The van der Waals surface area contributed by atoms with E-state index in [0.717, 1.165) is 5.56 Å². The molecule has 0 spiro atoms. The summed E-state index contributed by atoms with van der Waals surface area (Å²) in [7, 11) is 0. The summed E-state index contributed by atoms with van der Waals surface area (Å²) in [5.41, 5.74) is 1.43. The Kier molecular flexibility index (Phi) is 5.70. The Morgan fingerprint density at radius 2 is 2.08 bits per heavy atom. The average molecular weight is 390 g/mol. The highest BCUT2D eigenvalue weighted by Crippen LogP contribution is 2.22. The monoisotopic (exact) mass is 389 g/mol. The number of carbonyl (C=O) groups excluding carboxylic acids is 2. The van der Waals surface area contributed by atoms with Gasteiger partial charge in [-0.1, -0.05) is 29.8 Å². The number of hydrogen-bond acceptors (Lipinski definition) is 5. The third-order valence-corrected chi connectivity index (χ3v) is 4.76. The number of hydrogen-bond donors (Lipinski definition) is 2. The van der Waals surface area contributed by atoms with Crippen LogP contribution in [0.1, 0.15) is 34.8 Å². The van der Waals surface area contributed by atoms with Crippen molar-refractivity contribution < 1.29 is 14.0 Å². The Labute approximate surface area is 159 Å². The van der Waals surface area contributed by atoms with Crippen LogP contribution in [-0.2, 0) is 11.2 Å². The van der Waals surface area contributed by atoms with Crippen LogP contribution in [0.15, 0.2) is 52.5 Å². The van der Waals surface area contributed by atoms with E-state index in [0.29, 0.717) is 15.8 Å². The van der Waals surface area contributed by atoms with E-state index < -0.39 is 0 Å². The fraction of sp³-hybridized carbons (Fsp3) is 0.167. The second-order valence-electron chi connectivity index (χ2n) is 5.56. The summed E-state index contributed by atoms with van der Waals surface area (Å²) in [5.74, 6) is -0.354. The van der Waals surface area contributed by atoms with Gasteiger partial charge in [-0.2, -0.15) is 0 Å². The Balaban J connectivity index is 1.56. The van der Waals surface area contributed by atoms with E-state index >= 15 is 0 Å². The summed E-state index contributed by atoms with van der Waals surface area (Å²) in [6, 6.07) is 10.4. The molecule has 0 aliphatic heterocycles. The number of benzene rings is 1. The fourth-order valence-corrected chi connectivity index (χ4v) is 3.38. The van der Waals surface area contributed by atoms with Gasteiger partial charge in [0.15, 0.2) is 10.9 Å². The molecule has 2 amide bonds. The van der Waals surface area contributed by atoms with Gasteiger partial charge in [0.1, 0.15) is 0 Å². The van der Waals surface area contributed by atoms with Gasteiger partial charge in [-0.15, -0.1) is 11.3 Å². The van der Waals surface area contributed by atoms with E-state index in [9.17, 15) is 9.59 Å². The highest BCUT2D eigenvalue weighted by molar-refractivity contribution is 7.14. The van der Waals surface area contributed by atoms with E-state index in [1.807, 2.05) is 25.1 Å². The van der Waals surface area contributed by atoms with Gasteiger partial charge in [0.05, 0.1) is 24.4 Å². The average Bonchev–Trinajstić information content (AvgIpc) is 3.27. The Hall–Kier alpha value is -2.64. The molecule has 0 saturated heterocycles. The van der Waals surface area contributed by atoms with Gasteiger partial charge in [-0.3, -0.25) is 14.9 Å². The first kappa shape index (κ1) is 18.2. The molecule has 2 aromatic heterocycles. The zero-order chi connectivity index (χ0) is 18.5. The number of nitrogens with zero attached hydrogens (tertiary/aromatic N) is 1. The molecule has 0 fully saturated rings. The van der Waals surface area contributed by atoms with Gasteiger partial charge in [0.2, 0.25) is 5.91 Å². The molecule has 0 bridgehead atoms. The maximum absolute atomic E-state index is 12.2. The molecule has 0 aliphatic carbocycles. The van der Waals surface area contributed by atoms with Gasteiger partial charge < -0.3 is 9.73 Å². The lowest BCUT2D eigenvalue weighted by molar-refractivity contribution is -0.121. The molecule has 2 heterocycles. The molecule has 0 aliphatic rings. The summed E-state index contributed by atoms with van der Waals surface area (Å²) in [6.45, 7) is 1.87. The van der Waals surface area contributed by atoms with Crippen molar-refractivity contribution in [2.24, 2.45) is 0 Å². The van der Waals surface area contributed by atoms with Crippen LogP contribution in [0.25, 0.3) is 0 Å². The molecule has 0 unspecified atom stereocenters. The molecular formula is C18H16ClN3O3S. The topological polar surface area (TPSA) is 84.2 Å². The lowest BCUT2D eigenvalue weighted by Gasteiger charge is -2.15. The second-order valence-corrected chi connectivity index (χ2v) is 6.83. The lowest BCUT2D eigenvalue weighted by atomic mass is 10.1. The molecule has 0 saturated carbocycles. The maximum Gasteiger partial charge on any atom is 0.293 e. The zero-order valence-corrected chi connectivity index (χ0v) is 15.4. The largest absolute Gasteiger partial charge is 0.459 e. The first-order valence-corrected chi connectivity index (χ1v) is 9.11. The predicted octanol–water partition coefficient (Wildman–Crippen LogP) is 4.06. The highest BCUT2D eigenvalue weighted by atomic mass is 35.5. The standard InChI is InChI=1S/C18H16ClN3O3S/c1-11(13-5-2-3-6-14(13)19)20-16(23)9-12-10-26-18(21-12)22-17(24)15-7-4-8-25-15/h2-8,10-11H,9H2,1H3,(H,20,23)(H,21,22,24)/t11-/m1/s1. The van der Waals surface area contributed by atoms with Crippen molar-refractivity contribution in [2.45, 2.75) is 19.4 Å². The third-order valence-electron chi connectivity index (χ3n) is 3.61. The third kappa shape index (κ3) is 4.50. The number of amides is 2. The van der Waals surface area contributed by atoms with Gasteiger partial charge >= 0.3 is 0 Å². The number of carbonyl (C=O) groups is 2. The summed E-state index contributed by atoms with van der Waals surface area (Å²) in [5, 5.41) is 8.29. The van der Waals surface area contributed by atoms with E-state index in [2.05, 4.69) is 15.6 Å². The van der Waals surface area contributed by atoms with Crippen molar-refractivity contribution >= 4 is 39.9 Å². The van der Waals surface area contributed by atoms with Crippen molar-refractivity contribution in [3.05, 3.63) is 70.1 Å². The van der Waals surface area contributed by atoms with Gasteiger partial charge in [0, 0.05) is 10.4 Å². The molecule has 0 radical (unpaired) electrons. The summed E-state index contributed by atoms with van der Waals surface area (Å²) in [6.07, 6.45) is 1.54. The number of nitrogens with one attached hydrogen (secondary N) is 2. The van der Waals surface area contributed by atoms with Gasteiger partial charge in [-0.05, 0) is 30.7 Å². The van der Waals surface area contributed by atoms with Crippen LogP contribution in [0.2, 0.25) is 5.02 Å². The molecule has 26 heavy (non-hydrogen) atoms. The van der Waals surface area contributed by atoms with Crippen LogP contribution in [0.5, 0.6) is 0 Å². The summed E-state index contributed by atoms with van der Waals surface area (Å²) >= 11 is 7.40. The molecule has 2 N–H and O–H groups in total. The first-order chi connectivity index (χ1) is 12.5. The fourth-order valence-electron chi connectivity index (χ4n) is 2.37. The molecule has 3 rings (SSSR count). The Morgan fingerprint density at radius 3 is 2.81 bits per heavy atom. The summed E-state index contributed by atoms with van der Waals surface area (Å²) < 4.78 is 5.02. The van der Waals surface area contributed by atoms with Crippen LogP contribution in [0.4, 0.5) is 5.13 Å². The number of aromatic nitrogens is 1. The maximum atomic E-state index is 12.2. The van der Waals surface area contributed by atoms with Crippen LogP contribution >= 0.6 is 22.9 Å². The summed E-state index contributed by atoms with van der Waals surface area (Å²) in [4.78, 5) is 28.4. The SMILES string of the molecule is C[C@@H](NC(=O)Cc1csc(NC(=O)c2ccco2)n1)c1ccccc1Cl. The van der Waals surface area contributed by atoms with E-state index in [1.165, 1.54) is 17.6 Å². The minimum absolute atomic E-state index is 0.113. The first-order valence-electron chi connectivity index (χ1n) is 7.86. The van der Waals surface area contributed by atoms with Crippen LogP contribution in [-0.4, -0.2) is 16.8 Å². The van der Waals surface area contributed by atoms with Crippen molar-refractivity contribution in [2.75, 3.05) is 5.32 Å². The normalized spacial score (nSPS) is 11.8. The minimum Gasteiger partial charge on any atom is -0.459 e. The van der Waals surface area contributed by atoms with E-state index in [1.54, 1.807) is 23.6 Å². The Morgan fingerprint density at radius 1 is 1.27 bits per heavy atom.